The second kappa shape index (κ2) is 6.04. The predicted octanol–water partition coefficient (Wildman–Crippen LogP) is 2.80. The fraction of sp³-hybridized carbons (Fsp3) is 0.533. The van der Waals surface area contributed by atoms with E-state index in [4.69, 9.17) is 0 Å². The standard InChI is InChI=1S/C15H21FN2O/c1-11-4-3-7-18(10-11)15(19)9-17-14-6-5-13(16)8-12(14)2/h5-6,8,11,17H,3-4,7,9-10H2,1-2H3. The molecule has 1 fully saturated rings. The van der Waals surface area contributed by atoms with Gasteiger partial charge in [0.1, 0.15) is 5.82 Å². The van der Waals surface area contributed by atoms with Gasteiger partial charge in [-0.1, -0.05) is 6.92 Å². The summed E-state index contributed by atoms with van der Waals surface area (Å²) in [5.74, 6) is 0.458. The molecule has 1 amide bonds. The van der Waals surface area contributed by atoms with E-state index in [1.54, 1.807) is 6.07 Å². The smallest absolute Gasteiger partial charge is 0.241 e. The molecule has 0 radical (unpaired) electrons. The van der Waals surface area contributed by atoms with Crippen LogP contribution >= 0.6 is 0 Å². The number of nitrogens with one attached hydrogen (secondary N) is 1. The molecule has 1 aromatic rings. The highest BCUT2D eigenvalue weighted by Gasteiger charge is 2.20. The SMILES string of the molecule is Cc1cc(F)ccc1NCC(=O)N1CCCC(C)C1. The van der Waals surface area contributed by atoms with E-state index in [1.165, 1.54) is 18.6 Å². The molecule has 3 nitrogen and oxygen atoms in total. The van der Waals surface area contributed by atoms with E-state index in [0.29, 0.717) is 5.92 Å². The summed E-state index contributed by atoms with van der Waals surface area (Å²) in [4.78, 5) is 14.0. The van der Waals surface area contributed by atoms with Gasteiger partial charge >= 0.3 is 0 Å². The van der Waals surface area contributed by atoms with Crippen molar-refractivity contribution in [3.05, 3.63) is 29.6 Å². The van der Waals surface area contributed by atoms with Crippen molar-refractivity contribution in [2.24, 2.45) is 5.92 Å². The van der Waals surface area contributed by atoms with Crippen LogP contribution in [0, 0.1) is 18.7 Å². The number of carbonyl (C=O) groups excluding carboxylic acids is 1. The van der Waals surface area contributed by atoms with Gasteiger partial charge in [-0.2, -0.15) is 0 Å². The third kappa shape index (κ3) is 3.69. The Morgan fingerprint density at radius 1 is 1.53 bits per heavy atom. The first-order chi connectivity index (χ1) is 9.06. The van der Waals surface area contributed by atoms with Crippen molar-refractivity contribution in [3.8, 4) is 0 Å². The van der Waals surface area contributed by atoms with Gasteiger partial charge in [0, 0.05) is 18.8 Å². The van der Waals surface area contributed by atoms with Crippen LogP contribution in [0.1, 0.15) is 25.3 Å². The fourth-order valence-electron chi connectivity index (χ4n) is 2.52. The monoisotopic (exact) mass is 264 g/mol. The number of halogens is 1. The molecule has 1 atom stereocenters. The third-order valence-corrected chi connectivity index (χ3v) is 3.63. The zero-order valence-electron chi connectivity index (χ0n) is 11.6. The molecule has 1 aromatic carbocycles. The lowest BCUT2D eigenvalue weighted by molar-refractivity contribution is -0.130. The number of hydrogen-bond acceptors (Lipinski definition) is 2. The molecule has 0 aromatic heterocycles. The number of hydrogen-bond donors (Lipinski definition) is 1. The van der Waals surface area contributed by atoms with Crippen LogP contribution in [0.25, 0.3) is 0 Å². The van der Waals surface area contributed by atoms with Gasteiger partial charge in [-0.25, -0.2) is 4.39 Å². The third-order valence-electron chi connectivity index (χ3n) is 3.63. The summed E-state index contributed by atoms with van der Waals surface area (Å²) in [5, 5.41) is 3.09. The Labute approximate surface area is 113 Å². The van der Waals surface area contributed by atoms with Crippen molar-refractivity contribution >= 4 is 11.6 Å². The number of likely N-dealkylation sites (tertiary alicyclic amines) is 1. The van der Waals surface area contributed by atoms with Gasteiger partial charge in [0.15, 0.2) is 0 Å². The van der Waals surface area contributed by atoms with Gasteiger partial charge in [0.05, 0.1) is 6.54 Å². The molecule has 0 aliphatic carbocycles. The topological polar surface area (TPSA) is 32.3 Å². The summed E-state index contributed by atoms with van der Waals surface area (Å²) in [6, 6.07) is 4.55. The minimum Gasteiger partial charge on any atom is -0.376 e. The lowest BCUT2D eigenvalue weighted by Crippen LogP contribution is -2.42. The van der Waals surface area contributed by atoms with Crippen LogP contribution in [0.5, 0.6) is 0 Å². The Kier molecular flexibility index (Phi) is 4.40. The highest BCUT2D eigenvalue weighted by atomic mass is 19.1. The highest BCUT2D eigenvalue weighted by Crippen LogP contribution is 2.17. The molecular formula is C15H21FN2O. The molecule has 1 unspecified atom stereocenters. The summed E-state index contributed by atoms with van der Waals surface area (Å²) in [5.41, 5.74) is 1.64. The Morgan fingerprint density at radius 3 is 3.00 bits per heavy atom. The minimum atomic E-state index is -0.251. The van der Waals surface area contributed by atoms with Gasteiger partial charge in [-0.05, 0) is 49.4 Å². The molecule has 1 heterocycles. The number of anilines is 1. The van der Waals surface area contributed by atoms with E-state index >= 15 is 0 Å². The fourth-order valence-corrected chi connectivity index (χ4v) is 2.52. The molecule has 0 saturated carbocycles. The molecule has 19 heavy (non-hydrogen) atoms. The average Bonchev–Trinajstić information content (AvgIpc) is 2.37. The summed E-state index contributed by atoms with van der Waals surface area (Å²) >= 11 is 0. The minimum absolute atomic E-state index is 0.121. The zero-order chi connectivity index (χ0) is 13.8. The summed E-state index contributed by atoms with van der Waals surface area (Å²) in [6.45, 7) is 5.99. The highest BCUT2D eigenvalue weighted by molar-refractivity contribution is 5.81. The first kappa shape index (κ1) is 13.8. The van der Waals surface area contributed by atoms with Crippen molar-refractivity contribution in [1.29, 1.82) is 0 Å². The summed E-state index contributed by atoms with van der Waals surface area (Å²) in [6.07, 6.45) is 2.29. The first-order valence-electron chi connectivity index (χ1n) is 6.84. The lowest BCUT2D eigenvalue weighted by atomic mass is 10.0. The molecule has 4 heteroatoms. The lowest BCUT2D eigenvalue weighted by Gasteiger charge is -2.31. The van der Waals surface area contributed by atoms with E-state index in [1.807, 2.05) is 11.8 Å². The van der Waals surface area contributed by atoms with Gasteiger partial charge in [0.25, 0.3) is 0 Å². The van der Waals surface area contributed by atoms with Crippen molar-refractivity contribution in [1.82, 2.24) is 4.90 Å². The van der Waals surface area contributed by atoms with E-state index < -0.39 is 0 Å². The maximum atomic E-state index is 13.0. The number of rotatable bonds is 3. The summed E-state index contributed by atoms with van der Waals surface area (Å²) in [7, 11) is 0. The van der Waals surface area contributed by atoms with E-state index in [2.05, 4.69) is 12.2 Å². The number of piperidine rings is 1. The van der Waals surface area contributed by atoms with E-state index in [9.17, 15) is 9.18 Å². The maximum absolute atomic E-state index is 13.0. The number of carbonyl (C=O) groups is 1. The van der Waals surface area contributed by atoms with Crippen LogP contribution in [0.4, 0.5) is 10.1 Å². The van der Waals surface area contributed by atoms with Gasteiger partial charge in [-0.15, -0.1) is 0 Å². The van der Waals surface area contributed by atoms with Crippen LogP contribution < -0.4 is 5.32 Å². The number of nitrogens with zero attached hydrogens (tertiary/aromatic N) is 1. The Balaban J connectivity index is 1.89. The van der Waals surface area contributed by atoms with Crippen molar-refractivity contribution in [2.45, 2.75) is 26.7 Å². The largest absolute Gasteiger partial charge is 0.376 e. The van der Waals surface area contributed by atoms with Crippen LogP contribution in [-0.2, 0) is 4.79 Å². The number of aryl methyl sites for hydroxylation is 1. The molecule has 1 aliphatic rings. The molecule has 1 N–H and O–H groups in total. The van der Waals surface area contributed by atoms with E-state index in [0.717, 1.165) is 30.8 Å². The Bertz CT molecular complexity index is 461. The zero-order valence-corrected chi connectivity index (χ0v) is 11.6. The number of amides is 1. The van der Waals surface area contributed by atoms with Gasteiger partial charge in [-0.3, -0.25) is 4.79 Å². The second-order valence-corrected chi connectivity index (χ2v) is 5.40. The molecule has 2 rings (SSSR count). The Hall–Kier alpha value is -1.58. The van der Waals surface area contributed by atoms with Crippen LogP contribution in [0.3, 0.4) is 0 Å². The first-order valence-corrected chi connectivity index (χ1v) is 6.84. The van der Waals surface area contributed by atoms with Crippen LogP contribution in [-0.4, -0.2) is 30.4 Å². The molecule has 104 valence electrons. The van der Waals surface area contributed by atoms with Crippen LogP contribution in [0.2, 0.25) is 0 Å². The van der Waals surface area contributed by atoms with Crippen molar-refractivity contribution in [2.75, 3.05) is 25.0 Å². The van der Waals surface area contributed by atoms with Gasteiger partial charge in [0.2, 0.25) is 5.91 Å². The molecular weight excluding hydrogens is 243 g/mol. The number of benzene rings is 1. The van der Waals surface area contributed by atoms with Crippen LogP contribution in [0.15, 0.2) is 18.2 Å². The van der Waals surface area contributed by atoms with Crippen molar-refractivity contribution in [3.63, 3.8) is 0 Å². The molecule has 1 saturated heterocycles. The molecule has 0 bridgehead atoms. The second-order valence-electron chi connectivity index (χ2n) is 5.40. The molecule has 1 aliphatic heterocycles. The van der Waals surface area contributed by atoms with Gasteiger partial charge < -0.3 is 10.2 Å². The summed E-state index contributed by atoms with van der Waals surface area (Å²) < 4.78 is 13.0. The quantitative estimate of drug-likeness (QED) is 0.910. The molecule has 0 spiro atoms. The Morgan fingerprint density at radius 2 is 2.32 bits per heavy atom. The normalized spacial score (nSPS) is 19.3. The maximum Gasteiger partial charge on any atom is 0.241 e. The average molecular weight is 264 g/mol. The van der Waals surface area contributed by atoms with E-state index in [-0.39, 0.29) is 18.3 Å². The van der Waals surface area contributed by atoms with Crippen molar-refractivity contribution < 1.29 is 9.18 Å². The predicted molar refractivity (Wildman–Crippen MR) is 74.6 cm³/mol.